The molecule has 0 saturated heterocycles. The van der Waals surface area contributed by atoms with Crippen LogP contribution in [0.5, 0.6) is 0 Å². The lowest BCUT2D eigenvalue weighted by Crippen LogP contribution is -2.39. The maximum Gasteiger partial charge on any atom is 0.319 e. The molecule has 0 aliphatic carbocycles. The molecule has 25 heavy (non-hydrogen) atoms. The standard InChI is InChI=1S/C17H23F2N5.HI/c1-12-4-6-14(7-5-12)13(2)10-22-17(20-3)23-11-15-21-8-9-24(15)16(18)19;/h4-9,13,16H,10-11H2,1-3H3,(H2,20,22,23);1H. The number of aryl methyl sites for hydroxylation is 1. The smallest absolute Gasteiger partial charge is 0.319 e. The van der Waals surface area contributed by atoms with Crippen LogP contribution in [0.25, 0.3) is 0 Å². The zero-order chi connectivity index (χ0) is 17.5. The van der Waals surface area contributed by atoms with E-state index in [2.05, 4.69) is 58.7 Å². The number of hydrogen-bond acceptors (Lipinski definition) is 2. The van der Waals surface area contributed by atoms with Crippen molar-refractivity contribution in [3.8, 4) is 0 Å². The van der Waals surface area contributed by atoms with E-state index in [4.69, 9.17) is 0 Å². The Bertz CT molecular complexity index is 670. The van der Waals surface area contributed by atoms with Crippen molar-refractivity contribution in [1.29, 1.82) is 0 Å². The summed E-state index contributed by atoms with van der Waals surface area (Å²) >= 11 is 0. The van der Waals surface area contributed by atoms with Crippen LogP contribution in [0.2, 0.25) is 0 Å². The van der Waals surface area contributed by atoms with Crippen LogP contribution in [0.15, 0.2) is 41.7 Å². The van der Waals surface area contributed by atoms with Gasteiger partial charge in [0.2, 0.25) is 0 Å². The van der Waals surface area contributed by atoms with Crippen LogP contribution in [0.4, 0.5) is 8.78 Å². The van der Waals surface area contributed by atoms with Crippen molar-refractivity contribution >= 4 is 29.9 Å². The molecule has 2 aromatic rings. The molecule has 0 bridgehead atoms. The number of nitrogens with zero attached hydrogens (tertiary/aromatic N) is 3. The number of benzene rings is 1. The molecule has 1 unspecified atom stereocenters. The minimum atomic E-state index is -2.60. The average Bonchev–Trinajstić information content (AvgIpc) is 3.04. The summed E-state index contributed by atoms with van der Waals surface area (Å²) in [6, 6.07) is 8.39. The van der Waals surface area contributed by atoms with E-state index in [9.17, 15) is 8.78 Å². The average molecular weight is 463 g/mol. The second-order valence-electron chi connectivity index (χ2n) is 5.65. The molecule has 0 saturated carbocycles. The van der Waals surface area contributed by atoms with Crippen LogP contribution < -0.4 is 10.6 Å². The molecular weight excluding hydrogens is 439 g/mol. The lowest BCUT2D eigenvalue weighted by molar-refractivity contribution is 0.0668. The van der Waals surface area contributed by atoms with E-state index in [1.807, 2.05) is 0 Å². The maximum absolute atomic E-state index is 12.8. The summed E-state index contributed by atoms with van der Waals surface area (Å²) in [4.78, 5) is 8.04. The van der Waals surface area contributed by atoms with Gasteiger partial charge in [-0.15, -0.1) is 24.0 Å². The molecule has 8 heteroatoms. The monoisotopic (exact) mass is 463 g/mol. The highest BCUT2D eigenvalue weighted by Crippen LogP contribution is 2.15. The van der Waals surface area contributed by atoms with Gasteiger partial charge in [-0.3, -0.25) is 9.56 Å². The lowest BCUT2D eigenvalue weighted by Gasteiger charge is -2.17. The van der Waals surface area contributed by atoms with Crippen molar-refractivity contribution < 1.29 is 8.78 Å². The van der Waals surface area contributed by atoms with E-state index in [1.54, 1.807) is 7.05 Å². The summed E-state index contributed by atoms with van der Waals surface area (Å²) in [6.45, 7) is 2.44. The van der Waals surface area contributed by atoms with Crippen LogP contribution in [0, 0.1) is 6.92 Å². The Morgan fingerprint density at radius 3 is 2.52 bits per heavy atom. The zero-order valence-electron chi connectivity index (χ0n) is 14.5. The van der Waals surface area contributed by atoms with E-state index in [-0.39, 0.29) is 36.3 Å². The van der Waals surface area contributed by atoms with Crippen LogP contribution in [0.3, 0.4) is 0 Å². The Hall–Kier alpha value is -1.71. The van der Waals surface area contributed by atoms with E-state index >= 15 is 0 Å². The van der Waals surface area contributed by atoms with Gasteiger partial charge in [-0.05, 0) is 18.4 Å². The molecule has 2 N–H and O–H groups in total. The van der Waals surface area contributed by atoms with Crippen LogP contribution in [-0.4, -0.2) is 29.1 Å². The fourth-order valence-corrected chi connectivity index (χ4v) is 2.30. The first-order valence-corrected chi connectivity index (χ1v) is 7.82. The van der Waals surface area contributed by atoms with Gasteiger partial charge in [0, 0.05) is 26.0 Å². The van der Waals surface area contributed by atoms with Gasteiger partial charge in [0.15, 0.2) is 5.96 Å². The number of nitrogens with one attached hydrogen (secondary N) is 2. The fraction of sp³-hybridized carbons (Fsp3) is 0.412. The van der Waals surface area contributed by atoms with Gasteiger partial charge in [-0.2, -0.15) is 8.78 Å². The molecule has 0 spiro atoms. The highest BCUT2D eigenvalue weighted by atomic mass is 127. The summed E-state index contributed by atoms with van der Waals surface area (Å²) < 4.78 is 26.4. The topological polar surface area (TPSA) is 54.2 Å². The van der Waals surface area contributed by atoms with Crippen molar-refractivity contribution in [2.45, 2.75) is 32.9 Å². The molecule has 138 valence electrons. The van der Waals surface area contributed by atoms with Crippen LogP contribution >= 0.6 is 24.0 Å². The van der Waals surface area contributed by atoms with Gasteiger partial charge in [-0.1, -0.05) is 36.8 Å². The lowest BCUT2D eigenvalue weighted by atomic mass is 10.0. The summed E-state index contributed by atoms with van der Waals surface area (Å²) in [5, 5.41) is 6.21. The number of halogens is 3. The van der Waals surface area contributed by atoms with E-state index in [1.165, 1.54) is 23.5 Å². The summed E-state index contributed by atoms with van der Waals surface area (Å²) in [6.07, 6.45) is 2.62. The highest BCUT2D eigenvalue weighted by molar-refractivity contribution is 14.0. The molecule has 1 aromatic carbocycles. The number of alkyl halides is 2. The van der Waals surface area contributed by atoms with Gasteiger partial charge in [-0.25, -0.2) is 4.98 Å². The van der Waals surface area contributed by atoms with E-state index in [0.29, 0.717) is 18.4 Å². The predicted octanol–water partition coefficient (Wildman–Crippen LogP) is 3.67. The molecule has 2 rings (SSSR count). The highest BCUT2D eigenvalue weighted by Gasteiger charge is 2.12. The summed E-state index contributed by atoms with van der Waals surface area (Å²) in [5.41, 5.74) is 2.46. The molecule has 0 aliphatic heterocycles. The van der Waals surface area contributed by atoms with Crippen molar-refractivity contribution in [2.24, 2.45) is 4.99 Å². The molecule has 1 heterocycles. The number of aliphatic imine (C=N–C) groups is 1. The molecule has 0 fully saturated rings. The van der Waals surface area contributed by atoms with Gasteiger partial charge in [0.05, 0.1) is 6.54 Å². The molecule has 1 atom stereocenters. The fourth-order valence-electron chi connectivity index (χ4n) is 2.30. The Kier molecular flexibility index (Phi) is 8.81. The number of hydrogen-bond donors (Lipinski definition) is 2. The van der Waals surface area contributed by atoms with Crippen molar-refractivity contribution in [3.05, 3.63) is 53.6 Å². The van der Waals surface area contributed by atoms with Crippen LogP contribution in [0.1, 0.15) is 36.3 Å². The Balaban J connectivity index is 0.00000312. The maximum atomic E-state index is 12.8. The number of imidazole rings is 1. The van der Waals surface area contributed by atoms with Gasteiger partial charge < -0.3 is 10.6 Å². The first-order chi connectivity index (χ1) is 11.5. The summed E-state index contributed by atoms with van der Waals surface area (Å²) in [5.74, 6) is 1.12. The minimum absolute atomic E-state index is 0. The summed E-state index contributed by atoms with van der Waals surface area (Å²) in [7, 11) is 1.64. The van der Waals surface area contributed by atoms with Crippen LogP contribution in [-0.2, 0) is 6.54 Å². The third-order valence-corrected chi connectivity index (χ3v) is 3.82. The quantitative estimate of drug-likeness (QED) is 0.391. The van der Waals surface area contributed by atoms with Gasteiger partial charge in [0.1, 0.15) is 5.82 Å². The van der Waals surface area contributed by atoms with E-state index in [0.717, 1.165) is 4.57 Å². The Morgan fingerprint density at radius 2 is 1.92 bits per heavy atom. The first kappa shape index (κ1) is 21.3. The van der Waals surface area contributed by atoms with Crippen molar-refractivity contribution in [3.63, 3.8) is 0 Å². The third-order valence-electron chi connectivity index (χ3n) is 3.82. The normalized spacial score (nSPS) is 12.6. The Morgan fingerprint density at radius 1 is 1.24 bits per heavy atom. The largest absolute Gasteiger partial charge is 0.356 e. The van der Waals surface area contributed by atoms with Crippen molar-refractivity contribution in [1.82, 2.24) is 20.2 Å². The molecular formula is C17H24F2IN5. The third kappa shape index (κ3) is 6.26. The number of aromatic nitrogens is 2. The first-order valence-electron chi connectivity index (χ1n) is 7.82. The molecule has 0 amide bonds. The number of rotatable bonds is 6. The second-order valence-corrected chi connectivity index (χ2v) is 5.65. The van der Waals surface area contributed by atoms with Gasteiger partial charge in [0.25, 0.3) is 0 Å². The minimum Gasteiger partial charge on any atom is -0.356 e. The van der Waals surface area contributed by atoms with E-state index < -0.39 is 6.55 Å². The molecule has 0 aliphatic rings. The molecule has 1 aromatic heterocycles. The van der Waals surface area contributed by atoms with Gasteiger partial charge >= 0.3 is 6.55 Å². The number of guanidine groups is 1. The molecule has 0 radical (unpaired) electrons. The van der Waals surface area contributed by atoms with Crippen molar-refractivity contribution in [2.75, 3.05) is 13.6 Å². The SMILES string of the molecule is CN=C(NCc1nccn1C(F)F)NCC(C)c1ccc(C)cc1.I. The Labute approximate surface area is 164 Å². The zero-order valence-corrected chi connectivity index (χ0v) is 16.9. The second kappa shape index (κ2) is 10.3. The predicted molar refractivity (Wildman–Crippen MR) is 107 cm³/mol. The molecule has 5 nitrogen and oxygen atoms in total.